The van der Waals surface area contributed by atoms with Crippen molar-refractivity contribution in [2.24, 2.45) is 4.90 Å². The molecule has 0 saturated heterocycles. The van der Waals surface area contributed by atoms with E-state index in [2.05, 4.69) is 58.1 Å². The van der Waals surface area contributed by atoms with Crippen molar-refractivity contribution in [2.75, 3.05) is 0 Å². The Labute approximate surface area is 84.5 Å². The summed E-state index contributed by atoms with van der Waals surface area (Å²) in [4.78, 5) is 3.75. The molecule has 1 nitrogen and oxygen atoms in total. The Kier molecular flexibility index (Phi) is 6.67. The zero-order valence-corrected chi connectivity index (χ0v) is 7.26. The fraction of sp³-hybridized carbons (Fsp3) is 0. The molecule has 0 saturated carbocycles. The Bertz CT molecular complexity index is 506. The smallest absolute Gasteiger partial charge is 0.129 e. The van der Waals surface area contributed by atoms with Gasteiger partial charge in [0.15, 0.2) is 0 Å². The van der Waals surface area contributed by atoms with Crippen molar-refractivity contribution in [3.05, 3.63) is 0 Å². The van der Waals surface area contributed by atoms with Crippen LogP contribution in [0.1, 0.15) is 0 Å². The first-order chi connectivity index (χ1) is 6.85. The SMILES string of the molecule is C#CC#CN=[B-](C#CC#C)C#CC#C. The van der Waals surface area contributed by atoms with Crippen LogP contribution < -0.4 is 0 Å². The summed E-state index contributed by atoms with van der Waals surface area (Å²) in [5.74, 6) is 18.6. The van der Waals surface area contributed by atoms with Crippen molar-refractivity contribution in [1.29, 1.82) is 0 Å². The molecule has 0 aliphatic heterocycles. The van der Waals surface area contributed by atoms with Crippen molar-refractivity contribution >= 4 is 6.51 Å². The summed E-state index contributed by atoms with van der Waals surface area (Å²) in [5, 5.41) is 0. The normalized spacial score (nSPS) is 4.64. The second kappa shape index (κ2) is 8.32. The van der Waals surface area contributed by atoms with E-state index in [4.69, 9.17) is 19.3 Å². The van der Waals surface area contributed by atoms with Gasteiger partial charge in [0.1, 0.15) is 6.51 Å². The standard InChI is InChI=1S/C12H3BN/c1-4-7-10-13(11-8-5-2)14-12-9-6-3/h1-3H/q-1. The van der Waals surface area contributed by atoms with Gasteiger partial charge in [-0.1, -0.05) is 11.8 Å². The van der Waals surface area contributed by atoms with Crippen LogP contribution in [0.4, 0.5) is 0 Å². The number of hydrogen-bond acceptors (Lipinski definition) is 1. The number of nitrogens with zero attached hydrogens (tertiary/aromatic N) is 1. The Hall–Kier alpha value is -2.78. The summed E-state index contributed by atoms with van der Waals surface area (Å²) in [6.07, 6.45) is 14.8. The third-order valence-corrected chi connectivity index (χ3v) is 0.884. The second-order valence-electron chi connectivity index (χ2n) is 1.74. The van der Waals surface area contributed by atoms with Gasteiger partial charge < -0.3 is 4.90 Å². The summed E-state index contributed by atoms with van der Waals surface area (Å²) in [7, 11) is 0. The molecule has 0 bridgehead atoms. The quantitative estimate of drug-likeness (QED) is 0.365. The lowest BCUT2D eigenvalue weighted by Crippen LogP contribution is -1.91. The van der Waals surface area contributed by atoms with E-state index >= 15 is 0 Å². The van der Waals surface area contributed by atoms with Gasteiger partial charge >= 0.3 is 0 Å². The van der Waals surface area contributed by atoms with Crippen LogP contribution in [0.2, 0.25) is 0 Å². The molecule has 0 aliphatic carbocycles. The highest BCUT2D eigenvalue weighted by Gasteiger charge is 1.69. The number of rotatable bonds is 0. The van der Waals surface area contributed by atoms with E-state index in [0.717, 1.165) is 0 Å². The molecule has 0 aromatic rings. The van der Waals surface area contributed by atoms with E-state index in [1.54, 1.807) is 0 Å². The largest absolute Gasteiger partial charge is 0.445 e. The van der Waals surface area contributed by atoms with E-state index in [1.807, 2.05) is 0 Å². The third-order valence-electron chi connectivity index (χ3n) is 0.884. The summed E-state index contributed by atoms with van der Waals surface area (Å²) in [6, 6.07) is 2.35. The highest BCUT2D eigenvalue weighted by molar-refractivity contribution is 6.65. The zero-order valence-electron chi connectivity index (χ0n) is 7.26. The minimum absolute atomic E-state index is 0.608. The van der Waals surface area contributed by atoms with Crippen LogP contribution in [0.3, 0.4) is 0 Å². The van der Waals surface area contributed by atoms with Crippen LogP contribution in [0, 0.1) is 72.5 Å². The molecule has 0 rings (SSSR count). The molecule has 14 heavy (non-hydrogen) atoms. The second-order valence-corrected chi connectivity index (χ2v) is 1.74. The summed E-state index contributed by atoms with van der Waals surface area (Å²) in [5.41, 5.74) is 0. The van der Waals surface area contributed by atoms with Gasteiger partial charge in [0.2, 0.25) is 0 Å². The lowest BCUT2D eigenvalue weighted by atomic mass is 9.73. The van der Waals surface area contributed by atoms with Crippen LogP contribution in [0.15, 0.2) is 4.90 Å². The van der Waals surface area contributed by atoms with Crippen molar-refractivity contribution in [3.8, 4) is 72.5 Å². The van der Waals surface area contributed by atoms with Gasteiger partial charge in [-0.25, -0.2) is 0 Å². The molecule has 0 aliphatic rings. The maximum Gasteiger partial charge on any atom is 0.129 e. The summed E-state index contributed by atoms with van der Waals surface area (Å²) < 4.78 is 0. The van der Waals surface area contributed by atoms with E-state index in [0.29, 0.717) is 0 Å². The van der Waals surface area contributed by atoms with Crippen LogP contribution in [-0.2, 0) is 0 Å². The molecule has 0 N–H and O–H groups in total. The van der Waals surface area contributed by atoms with Crippen LogP contribution in [0.25, 0.3) is 0 Å². The van der Waals surface area contributed by atoms with E-state index in [1.165, 1.54) is 0 Å². The van der Waals surface area contributed by atoms with Gasteiger partial charge in [-0.05, 0) is 23.8 Å². The van der Waals surface area contributed by atoms with Crippen LogP contribution in [0.5, 0.6) is 0 Å². The van der Waals surface area contributed by atoms with Crippen molar-refractivity contribution < 1.29 is 0 Å². The molecule has 0 unspecified atom stereocenters. The fourth-order valence-electron chi connectivity index (χ4n) is 0.450. The first-order valence-electron chi connectivity index (χ1n) is 3.43. The Morgan fingerprint density at radius 2 is 1.29 bits per heavy atom. The first kappa shape index (κ1) is 11.2. The van der Waals surface area contributed by atoms with Gasteiger partial charge in [0.05, 0.1) is 0 Å². The van der Waals surface area contributed by atoms with E-state index < -0.39 is 6.51 Å². The Balaban J connectivity index is 4.97. The summed E-state index contributed by atoms with van der Waals surface area (Å²) in [6.45, 7) is -0.608. The van der Waals surface area contributed by atoms with Gasteiger partial charge in [-0.3, -0.25) is 11.6 Å². The van der Waals surface area contributed by atoms with Crippen molar-refractivity contribution in [3.63, 3.8) is 0 Å². The monoisotopic (exact) mass is 172 g/mol. The van der Waals surface area contributed by atoms with Crippen LogP contribution >= 0.6 is 0 Å². The molecule has 0 heterocycles. The first-order valence-corrected chi connectivity index (χ1v) is 3.43. The topological polar surface area (TPSA) is 12.4 Å². The van der Waals surface area contributed by atoms with E-state index in [-0.39, 0.29) is 0 Å². The highest BCUT2D eigenvalue weighted by Crippen LogP contribution is 1.71. The predicted octanol–water partition coefficient (Wildman–Crippen LogP) is 0.192. The lowest BCUT2D eigenvalue weighted by Gasteiger charge is -1.91. The molecule has 0 amide bonds. The fourth-order valence-corrected chi connectivity index (χ4v) is 0.450. The van der Waals surface area contributed by atoms with Gasteiger partial charge in [0, 0.05) is 5.92 Å². The maximum absolute atomic E-state index is 4.94. The number of terminal acetylenes is 3. The maximum atomic E-state index is 4.94. The van der Waals surface area contributed by atoms with Crippen LogP contribution in [-0.4, -0.2) is 6.51 Å². The van der Waals surface area contributed by atoms with Crippen molar-refractivity contribution in [2.45, 2.75) is 0 Å². The molecule has 0 fully saturated rings. The lowest BCUT2D eigenvalue weighted by molar-refractivity contribution is 1.75. The molecular formula is C12H3BN-. The molecule has 0 radical (unpaired) electrons. The Morgan fingerprint density at radius 1 is 0.786 bits per heavy atom. The predicted molar refractivity (Wildman–Crippen MR) is 58.0 cm³/mol. The van der Waals surface area contributed by atoms with Gasteiger partial charge in [0.25, 0.3) is 0 Å². The molecule has 0 spiro atoms. The Morgan fingerprint density at radius 3 is 1.71 bits per heavy atom. The molecule has 60 valence electrons. The molecular weight excluding hydrogens is 169 g/mol. The molecule has 0 aromatic heterocycles. The molecule has 0 atom stereocenters. The van der Waals surface area contributed by atoms with Gasteiger partial charge in [-0.15, -0.1) is 19.3 Å². The zero-order chi connectivity index (χ0) is 10.6. The minimum atomic E-state index is -0.608. The minimum Gasteiger partial charge on any atom is -0.445 e. The summed E-state index contributed by atoms with van der Waals surface area (Å²) >= 11 is 0. The average Bonchev–Trinajstić information content (AvgIpc) is 2.21. The average molecular weight is 172 g/mol. The highest BCUT2D eigenvalue weighted by atomic mass is 14.6. The third kappa shape index (κ3) is 5.97. The number of hydrogen-bond donors (Lipinski definition) is 0. The van der Waals surface area contributed by atoms with Gasteiger partial charge in [-0.2, -0.15) is 0 Å². The molecule has 2 heteroatoms. The van der Waals surface area contributed by atoms with E-state index in [9.17, 15) is 0 Å². The molecule has 0 aromatic carbocycles. The van der Waals surface area contributed by atoms with Crippen molar-refractivity contribution in [1.82, 2.24) is 0 Å².